The predicted molar refractivity (Wildman–Crippen MR) is 104 cm³/mol. The summed E-state index contributed by atoms with van der Waals surface area (Å²) in [6.45, 7) is 9.04. The van der Waals surface area contributed by atoms with Crippen molar-refractivity contribution in [2.24, 2.45) is 0 Å². The van der Waals surface area contributed by atoms with Crippen molar-refractivity contribution in [3.8, 4) is 11.3 Å². The topological polar surface area (TPSA) is 53.9 Å². The Morgan fingerprint density at radius 1 is 1.04 bits per heavy atom. The molecule has 1 saturated heterocycles. The molecular weight excluding hydrogens is 310 g/mol. The Morgan fingerprint density at radius 2 is 1.84 bits per heavy atom. The molecule has 25 heavy (non-hydrogen) atoms. The number of hydrogen-bond acceptors (Lipinski definition) is 5. The van der Waals surface area contributed by atoms with Gasteiger partial charge in [0.1, 0.15) is 11.2 Å². The molecule has 0 aliphatic carbocycles. The van der Waals surface area contributed by atoms with E-state index in [-0.39, 0.29) is 0 Å². The van der Waals surface area contributed by atoms with Crippen molar-refractivity contribution in [2.75, 3.05) is 24.5 Å². The van der Waals surface area contributed by atoms with Crippen LogP contribution in [0.5, 0.6) is 0 Å². The first-order chi connectivity index (χ1) is 12.3. The lowest BCUT2D eigenvalue weighted by Gasteiger charge is -2.34. The van der Waals surface area contributed by atoms with E-state index >= 15 is 0 Å². The van der Waals surface area contributed by atoms with E-state index in [1.165, 1.54) is 0 Å². The minimum absolute atomic E-state index is 0.380. The SMILES string of the molecule is CC.CC1CNCCN1c1nnc(-c2ccccc2)c2cccnc12. The maximum absolute atomic E-state index is 4.61. The third-order valence-corrected chi connectivity index (χ3v) is 4.34. The highest BCUT2D eigenvalue weighted by molar-refractivity contribution is 5.97. The zero-order chi connectivity index (χ0) is 17.6. The van der Waals surface area contributed by atoms with Gasteiger partial charge in [-0.1, -0.05) is 44.2 Å². The van der Waals surface area contributed by atoms with Gasteiger partial charge in [0.05, 0.1) is 0 Å². The van der Waals surface area contributed by atoms with Gasteiger partial charge in [-0.25, -0.2) is 0 Å². The molecule has 0 radical (unpaired) electrons. The van der Waals surface area contributed by atoms with Gasteiger partial charge in [-0.3, -0.25) is 4.98 Å². The van der Waals surface area contributed by atoms with Crippen LogP contribution >= 0.6 is 0 Å². The van der Waals surface area contributed by atoms with Crippen LogP contribution in [-0.4, -0.2) is 40.9 Å². The fourth-order valence-electron chi connectivity index (χ4n) is 3.13. The summed E-state index contributed by atoms with van der Waals surface area (Å²) in [5.74, 6) is 0.884. The number of benzene rings is 1. The Morgan fingerprint density at radius 3 is 2.60 bits per heavy atom. The first kappa shape index (κ1) is 17.3. The minimum atomic E-state index is 0.380. The number of fused-ring (bicyclic) bond motifs is 1. The van der Waals surface area contributed by atoms with Gasteiger partial charge in [0.2, 0.25) is 0 Å². The normalized spacial score (nSPS) is 17.1. The molecule has 1 aliphatic rings. The molecule has 3 heterocycles. The van der Waals surface area contributed by atoms with Crippen LogP contribution in [0.1, 0.15) is 20.8 Å². The molecule has 1 unspecified atom stereocenters. The molecule has 1 N–H and O–H groups in total. The maximum atomic E-state index is 4.61. The Balaban J connectivity index is 0.000000880. The van der Waals surface area contributed by atoms with E-state index in [1.54, 1.807) is 0 Å². The summed E-state index contributed by atoms with van der Waals surface area (Å²) >= 11 is 0. The summed E-state index contributed by atoms with van der Waals surface area (Å²) in [4.78, 5) is 6.91. The number of hydrogen-bond donors (Lipinski definition) is 1. The fourth-order valence-corrected chi connectivity index (χ4v) is 3.13. The van der Waals surface area contributed by atoms with E-state index in [0.29, 0.717) is 6.04 Å². The van der Waals surface area contributed by atoms with Crippen molar-refractivity contribution in [3.05, 3.63) is 48.7 Å². The summed E-state index contributed by atoms with van der Waals surface area (Å²) in [7, 11) is 0. The van der Waals surface area contributed by atoms with Crippen LogP contribution in [0.2, 0.25) is 0 Å². The molecule has 0 spiro atoms. The van der Waals surface area contributed by atoms with Gasteiger partial charge in [0.15, 0.2) is 5.82 Å². The summed E-state index contributed by atoms with van der Waals surface area (Å²) in [5, 5.41) is 13.5. The lowest BCUT2D eigenvalue weighted by atomic mass is 10.1. The average Bonchev–Trinajstić information content (AvgIpc) is 2.70. The Hall–Kier alpha value is -2.53. The van der Waals surface area contributed by atoms with Crippen LogP contribution in [0.25, 0.3) is 22.2 Å². The third-order valence-electron chi connectivity index (χ3n) is 4.34. The van der Waals surface area contributed by atoms with E-state index < -0.39 is 0 Å². The number of pyridine rings is 1. The smallest absolute Gasteiger partial charge is 0.178 e. The molecule has 0 amide bonds. The second-order valence-corrected chi connectivity index (χ2v) is 5.88. The predicted octanol–water partition coefficient (Wildman–Crippen LogP) is 3.52. The van der Waals surface area contributed by atoms with Crippen molar-refractivity contribution >= 4 is 16.7 Å². The first-order valence-electron chi connectivity index (χ1n) is 8.99. The number of nitrogens with zero attached hydrogens (tertiary/aromatic N) is 4. The number of aromatic nitrogens is 3. The standard InChI is InChI=1S/C18H19N5.C2H6/c1-13-12-19-10-11-23(13)18-17-15(8-5-9-20-17)16(21-22-18)14-6-3-2-4-7-14;1-2/h2-9,13,19H,10-12H2,1H3;1-2H3. The molecule has 3 aromatic rings. The Kier molecular flexibility index (Phi) is 5.56. The highest BCUT2D eigenvalue weighted by Crippen LogP contribution is 2.30. The molecule has 1 aliphatic heterocycles. The Labute approximate surface area is 149 Å². The zero-order valence-corrected chi connectivity index (χ0v) is 15.1. The van der Waals surface area contributed by atoms with Crippen molar-refractivity contribution in [1.82, 2.24) is 20.5 Å². The van der Waals surface area contributed by atoms with Crippen LogP contribution in [-0.2, 0) is 0 Å². The molecule has 130 valence electrons. The van der Waals surface area contributed by atoms with Crippen molar-refractivity contribution in [2.45, 2.75) is 26.8 Å². The van der Waals surface area contributed by atoms with E-state index in [9.17, 15) is 0 Å². The van der Waals surface area contributed by atoms with Crippen molar-refractivity contribution in [1.29, 1.82) is 0 Å². The van der Waals surface area contributed by atoms with Gasteiger partial charge in [-0.2, -0.15) is 0 Å². The second-order valence-electron chi connectivity index (χ2n) is 5.88. The molecule has 5 heteroatoms. The van der Waals surface area contributed by atoms with E-state index in [2.05, 4.69) is 50.5 Å². The summed E-state index contributed by atoms with van der Waals surface area (Å²) < 4.78 is 0. The highest BCUT2D eigenvalue weighted by atomic mass is 15.3. The maximum Gasteiger partial charge on any atom is 0.178 e. The first-order valence-corrected chi connectivity index (χ1v) is 8.99. The summed E-state index contributed by atoms with van der Waals surface area (Å²) in [6, 6.07) is 14.6. The summed E-state index contributed by atoms with van der Waals surface area (Å²) in [6.07, 6.45) is 1.83. The van der Waals surface area contributed by atoms with Crippen LogP contribution in [0, 0.1) is 0 Å². The van der Waals surface area contributed by atoms with Gasteiger partial charge in [-0.15, -0.1) is 10.2 Å². The Bertz CT molecular complexity index is 819. The van der Waals surface area contributed by atoms with Crippen LogP contribution in [0.15, 0.2) is 48.7 Å². The van der Waals surface area contributed by atoms with Gasteiger partial charge in [-0.05, 0) is 19.1 Å². The highest BCUT2D eigenvalue weighted by Gasteiger charge is 2.23. The van der Waals surface area contributed by atoms with E-state index in [0.717, 1.165) is 47.6 Å². The minimum Gasteiger partial charge on any atom is -0.348 e. The number of rotatable bonds is 2. The molecule has 4 rings (SSSR count). The number of nitrogens with one attached hydrogen (secondary N) is 1. The molecule has 2 aromatic heterocycles. The largest absolute Gasteiger partial charge is 0.348 e. The van der Waals surface area contributed by atoms with Crippen LogP contribution in [0.3, 0.4) is 0 Å². The molecular formula is C20H25N5. The number of piperazine rings is 1. The molecule has 1 aromatic carbocycles. The van der Waals surface area contributed by atoms with Crippen molar-refractivity contribution in [3.63, 3.8) is 0 Å². The molecule has 0 saturated carbocycles. The summed E-state index contributed by atoms with van der Waals surface area (Å²) in [5.41, 5.74) is 2.88. The number of anilines is 1. The average molecular weight is 335 g/mol. The molecule has 0 bridgehead atoms. The van der Waals surface area contributed by atoms with E-state index in [1.807, 2.05) is 44.3 Å². The van der Waals surface area contributed by atoms with Crippen molar-refractivity contribution < 1.29 is 0 Å². The van der Waals surface area contributed by atoms with Crippen LogP contribution in [0.4, 0.5) is 5.82 Å². The lowest BCUT2D eigenvalue weighted by Crippen LogP contribution is -2.50. The molecule has 5 nitrogen and oxygen atoms in total. The third kappa shape index (κ3) is 3.46. The van der Waals surface area contributed by atoms with E-state index in [4.69, 9.17) is 0 Å². The monoisotopic (exact) mass is 335 g/mol. The van der Waals surface area contributed by atoms with Gasteiger partial charge in [0, 0.05) is 42.8 Å². The quantitative estimate of drug-likeness (QED) is 0.776. The second kappa shape index (κ2) is 8.03. The van der Waals surface area contributed by atoms with Crippen LogP contribution < -0.4 is 10.2 Å². The molecule has 1 atom stereocenters. The zero-order valence-electron chi connectivity index (χ0n) is 15.1. The van der Waals surface area contributed by atoms with Gasteiger partial charge in [0.25, 0.3) is 0 Å². The van der Waals surface area contributed by atoms with Gasteiger partial charge >= 0.3 is 0 Å². The fraction of sp³-hybridized carbons (Fsp3) is 0.350. The molecule has 1 fully saturated rings. The lowest BCUT2D eigenvalue weighted by molar-refractivity contribution is 0.497. The van der Waals surface area contributed by atoms with Gasteiger partial charge < -0.3 is 10.2 Å².